The molecule has 4 N–H and O–H groups in total. The first-order valence-corrected chi connectivity index (χ1v) is 7.92. The van der Waals surface area contributed by atoms with E-state index in [1.54, 1.807) is 12.1 Å². The molecule has 0 radical (unpaired) electrons. The van der Waals surface area contributed by atoms with Crippen molar-refractivity contribution in [3.8, 4) is 0 Å². The van der Waals surface area contributed by atoms with E-state index in [1.165, 1.54) is 0 Å². The van der Waals surface area contributed by atoms with Crippen LogP contribution in [0.4, 0.5) is 0 Å². The molecule has 2 unspecified atom stereocenters. The Morgan fingerprint density at radius 3 is 2.43 bits per heavy atom. The zero-order valence-electron chi connectivity index (χ0n) is 11.8. The first kappa shape index (κ1) is 16.0. The molecule has 2 amide bonds. The van der Waals surface area contributed by atoms with E-state index in [4.69, 9.17) is 5.73 Å². The third kappa shape index (κ3) is 4.82. The van der Waals surface area contributed by atoms with E-state index in [-0.39, 0.29) is 23.8 Å². The maximum atomic E-state index is 11.9. The number of nitrogens with two attached hydrogens (primary N) is 1. The summed E-state index contributed by atoms with van der Waals surface area (Å²) in [7, 11) is 0. The van der Waals surface area contributed by atoms with Gasteiger partial charge in [0, 0.05) is 35.1 Å². The molecule has 1 fully saturated rings. The third-order valence-electron chi connectivity index (χ3n) is 3.66. The third-order valence-corrected chi connectivity index (χ3v) is 4.19. The van der Waals surface area contributed by atoms with Crippen molar-refractivity contribution >= 4 is 27.7 Å². The number of carbonyl (C=O) groups excluding carboxylic acids is 2. The second-order valence-corrected chi connectivity index (χ2v) is 6.24. The van der Waals surface area contributed by atoms with Crippen LogP contribution in [0.1, 0.15) is 29.6 Å². The predicted octanol–water partition coefficient (Wildman–Crippen LogP) is 1.42. The maximum Gasteiger partial charge on any atom is 0.251 e. The van der Waals surface area contributed by atoms with Crippen LogP contribution >= 0.6 is 15.9 Å². The molecule has 1 aromatic carbocycles. The Morgan fingerprint density at radius 1 is 1.14 bits per heavy atom. The summed E-state index contributed by atoms with van der Waals surface area (Å²) in [5.41, 5.74) is 6.40. The summed E-state index contributed by atoms with van der Waals surface area (Å²) in [5.74, 6) is -0.0670. The second kappa shape index (κ2) is 7.56. The summed E-state index contributed by atoms with van der Waals surface area (Å²) in [6, 6.07) is 7.29. The van der Waals surface area contributed by atoms with Crippen LogP contribution in [0.15, 0.2) is 28.7 Å². The van der Waals surface area contributed by atoms with E-state index >= 15 is 0 Å². The minimum Gasteiger partial charge on any atom is -0.354 e. The highest BCUT2D eigenvalue weighted by molar-refractivity contribution is 9.10. The lowest BCUT2D eigenvalue weighted by atomic mass is 10.1. The van der Waals surface area contributed by atoms with Gasteiger partial charge in [0.2, 0.25) is 5.91 Å². The first-order valence-electron chi connectivity index (χ1n) is 7.13. The van der Waals surface area contributed by atoms with Crippen LogP contribution in [0.2, 0.25) is 0 Å². The normalized spacial score (nSPS) is 21.0. The van der Waals surface area contributed by atoms with Gasteiger partial charge in [-0.3, -0.25) is 9.59 Å². The number of hydrogen-bond donors (Lipinski definition) is 3. The highest BCUT2D eigenvalue weighted by Gasteiger charge is 2.27. The molecule has 0 aromatic heterocycles. The lowest BCUT2D eigenvalue weighted by Crippen LogP contribution is -2.37. The quantitative estimate of drug-likeness (QED) is 0.700. The van der Waals surface area contributed by atoms with Gasteiger partial charge in [-0.1, -0.05) is 15.9 Å². The average molecular weight is 354 g/mol. The summed E-state index contributed by atoms with van der Waals surface area (Å²) in [6.45, 7) is 0.853. The second-order valence-electron chi connectivity index (χ2n) is 5.32. The molecule has 6 heteroatoms. The molecule has 1 aliphatic carbocycles. The van der Waals surface area contributed by atoms with Gasteiger partial charge in [0.15, 0.2) is 0 Å². The lowest BCUT2D eigenvalue weighted by molar-refractivity contribution is -0.124. The van der Waals surface area contributed by atoms with Crippen LogP contribution in [-0.4, -0.2) is 30.9 Å². The molecule has 0 aliphatic heterocycles. The van der Waals surface area contributed by atoms with Crippen LogP contribution in [0.5, 0.6) is 0 Å². The van der Waals surface area contributed by atoms with Gasteiger partial charge in [-0.2, -0.15) is 0 Å². The molecule has 2 rings (SSSR count). The monoisotopic (exact) mass is 353 g/mol. The SMILES string of the molecule is NC1CCC(C(=O)NCCNC(=O)c2ccc(Br)cc2)C1. The van der Waals surface area contributed by atoms with Gasteiger partial charge in [-0.15, -0.1) is 0 Å². The van der Waals surface area contributed by atoms with Crippen LogP contribution in [0.25, 0.3) is 0 Å². The summed E-state index contributed by atoms with van der Waals surface area (Å²) >= 11 is 3.32. The predicted molar refractivity (Wildman–Crippen MR) is 84.8 cm³/mol. The Balaban J connectivity index is 1.66. The topological polar surface area (TPSA) is 84.2 Å². The number of rotatable bonds is 5. The summed E-state index contributed by atoms with van der Waals surface area (Å²) in [4.78, 5) is 23.7. The van der Waals surface area contributed by atoms with Crippen LogP contribution in [0.3, 0.4) is 0 Å². The van der Waals surface area contributed by atoms with E-state index in [9.17, 15) is 9.59 Å². The highest BCUT2D eigenvalue weighted by atomic mass is 79.9. The van der Waals surface area contributed by atoms with Crippen molar-refractivity contribution in [3.63, 3.8) is 0 Å². The molecule has 0 saturated heterocycles. The molecular weight excluding hydrogens is 334 g/mol. The largest absolute Gasteiger partial charge is 0.354 e. The Kier molecular flexibility index (Phi) is 5.76. The van der Waals surface area contributed by atoms with Crippen molar-refractivity contribution in [2.24, 2.45) is 11.7 Å². The fourth-order valence-corrected chi connectivity index (χ4v) is 2.73. The number of benzene rings is 1. The molecule has 1 aliphatic rings. The molecule has 5 nitrogen and oxygen atoms in total. The smallest absolute Gasteiger partial charge is 0.251 e. The number of carbonyl (C=O) groups is 2. The average Bonchev–Trinajstić information content (AvgIpc) is 2.90. The highest BCUT2D eigenvalue weighted by Crippen LogP contribution is 2.23. The van der Waals surface area contributed by atoms with Crippen molar-refractivity contribution in [2.75, 3.05) is 13.1 Å². The summed E-state index contributed by atoms with van der Waals surface area (Å²) < 4.78 is 0.932. The molecule has 114 valence electrons. The maximum absolute atomic E-state index is 11.9. The molecule has 1 saturated carbocycles. The lowest BCUT2D eigenvalue weighted by Gasteiger charge is -2.11. The molecule has 1 aromatic rings. The van der Waals surface area contributed by atoms with Gasteiger partial charge < -0.3 is 16.4 Å². The van der Waals surface area contributed by atoms with E-state index in [0.29, 0.717) is 18.7 Å². The fraction of sp³-hybridized carbons (Fsp3) is 0.467. The van der Waals surface area contributed by atoms with Crippen molar-refractivity contribution in [3.05, 3.63) is 34.3 Å². The van der Waals surface area contributed by atoms with Crippen molar-refractivity contribution < 1.29 is 9.59 Å². The van der Waals surface area contributed by atoms with Crippen molar-refractivity contribution in [1.29, 1.82) is 0 Å². The van der Waals surface area contributed by atoms with E-state index < -0.39 is 0 Å². The standard InChI is InChI=1S/C15H20BrN3O2/c16-12-4-1-10(2-5-12)14(20)18-7-8-19-15(21)11-3-6-13(17)9-11/h1-2,4-5,11,13H,3,6-9,17H2,(H,18,20)(H,19,21). The van der Waals surface area contributed by atoms with Gasteiger partial charge in [0.1, 0.15) is 0 Å². The number of hydrogen-bond acceptors (Lipinski definition) is 3. The number of halogens is 1. The Labute approximate surface area is 132 Å². The zero-order valence-corrected chi connectivity index (χ0v) is 13.4. The van der Waals surface area contributed by atoms with E-state index in [0.717, 1.165) is 23.7 Å². The van der Waals surface area contributed by atoms with Gasteiger partial charge in [0.25, 0.3) is 5.91 Å². The van der Waals surface area contributed by atoms with Gasteiger partial charge >= 0.3 is 0 Å². The molecule has 0 heterocycles. The Bertz CT molecular complexity index is 504. The number of nitrogens with one attached hydrogen (secondary N) is 2. The van der Waals surface area contributed by atoms with Crippen LogP contribution in [-0.2, 0) is 4.79 Å². The molecule has 0 bridgehead atoms. The molecule has 2 atom stereocenters. The number of amides is 2. The van der Waals surface area contributed by atoms with Gasteiger partial charge in [-0.05, 0) is 43.5 Å². The van der Waals surface area contributed by atoms with E-state index in [2.05, 4.69) is 26.6 Å². The Morgan fingerprint density at radius 2 is 1.81 bits per heavy atom. The summed E-state index contributed by atoms with van der Waals surface area (Å²) in [6.07, 6.45) is 2.54. The minimum absolute atomic E-state index is 0.0298. The fourth-order valence-electron chi connectivity index (χ4n) is 2.46. The summed E-state index contributed by atoms with van der Waals surface area (Å²) in [5, 5.41) is 5.62. The molecule has 0 spiro atoms. The van der Waals surface area contributed by atoms with Gasteiger partial charge in [-0.25, -0.2) is 0 Å². The zero-order chi connectivity index (χ0) is 15.2. The van der Waals surface area contributed by atoms with Crippen LogP contribution in [0, 0.1) is 5.92 Å². The minimum atomic E-state index is -0.139. The Hall–Kier alpha value is -1.40. The van der Waals surface area contributed by atoms with Crippen molar-refractivity contribution in [1.82, 2.24) is 10.6 Å². The molecular formula is C15H20BrN3O2. The van der Waals surface area contributed by atoms with Gasteiger partial charge in [0.05, 0.1) is 0 Å². The first-order chi connectivity index (χ1) is 10.1. The van der Waals surface area contributed by atoms with E-state index in [1.807, 2.05) is 12.1 Å². The van der Waals surface area contributed by atoms with Crippen LogP contribution < -0.4 is 16.4 Å². The van der Waals surface area contributed by atoms with Crippen molar-refractivity contribution in [2.45, 2.75) is 25.3 Å². The molecule has 21 heavy (non-hydrogen) atoms.